The minimum Gasteiger partial charge on any atom is -0.403 e. The van der Waals surface area contributed by atoms with Crippen LogP contribution in [0.4, 0.5) is 0 Å². The molecule has 0 spiro atoms. The fraction of sp³-hybridized carbons (Fsp3) is 0.625. The zero-order valence-corrected chi connectivity index (χ0v) is 12.8. The van der Waals surface area contributed by atoms with Crippen molar-refractivity contribution >= 4 is 7.12 Å². The summed E-state index contributed by atoms with van der Waals surface area (Å²) in [5, 5.41) is 0. The normalized spacial score (nSPS) is 31.7. The summed E-state index contributed by atoms with van der Waals surface area (Å²) in [7, 11) is -0.187. The Kier molecular flexibility index (Phi) is 3.43. The molecule has 0 saturated carbocycles. The van der Waals surface area contributed by atoms with Gasteiger partial charge in [-0.1, -0.05) is 30.3 Å². The summed E-state index contributed by atoms with van der Waals surface area (Å²) in [5.41, 5.74) is 0.757. The Hall–Kier alpha value is -0.835. The first-order chi connectivity index (χ1) is 9.41. The quantitative estimate of drug-likeness (QED) is 0.775. The predicted molar refractivity (Wildman–Crippen MR) is 79.8 cm³/mol. The van der Waals surface area contributed by atoms with Gasteiger partial charge < -0.3 is 14.0 Å². The number of ether oxygens (including phenoxy) is 1. The van der Waals surface area contributed by atoms with Crippen molar-refractivity contribution in [3.8, 4) is 0 Å². The highest BCUT2D eigenvalue weighted by Crippen LogP contribution is 2.46. The van der Waals surface area contributed by atoms with Gasteiger partial charge in [-0.15, -0.1) is 0 Å². The molecule has 108 valence electrons. The molecule has 2 atom stereocenters. The summed E-state index contributed by atoms with van der Waals surface area (Å²) in [6.07, 6.45) is 0. The van der Waals surface area contributed by atoms with Gasteiger partial charge in [-0.2, -0.15) is 0 Å². The second-order valence-electron chi connectivity index (χ2n) is 6.84. The molecule has 3 nitrogen and oxygen atoms in total. The maximum atomic E-state index is 6.20. The number of hydrogen-bond donors (Lipinski definition) is 0. The summed E-state index contributed by atoms with van der Waals surface area (Å²) in [6.45, 7) is 9.84. The molecule has 2 aliphatic heterocycles. The predicted octanol–water partition coefficient (Wildman–Crippen LogP) is 3.26. The first-order valence-electron chi connectivity index (χ1n) is 7.39. The first-order valence-corrected chi connectivity index (χ1v) is 7.39. The molecule has 0 radical (unpaired) electrons. The molecule has 0 aliphatic carbocycles. The summed E-state index contributed by atoms with van der Waals surface area (Å²) in [6, 6.07) is 10.5. The van der Waals surface area contributed by atoms with Crippen molar-refractivity contribution in [3.05, 3.63) is 35.9 Å². The molecule has 1 aromatic rings. The molecule has 2 heterocycles. The topological polar surface area (TPSA) is 27.7 Å². The second kappa shape index (κ2) is 4.87. The van der Waals surface area contributed by atoms with Crippen LogP contribution in [0.25, 0.3) is 0 Å². The van der Waals surface area contributed by atoms with E-state index in [4.69, 9.17) is 14.0 Å². The van der Waals surface area contributed by atoms with Crippen molar-refractivity contribution < 1.29 is 14.0 Å². The van der Waals surface area contributed by atoms with E-state index in [0.29, 0.717) is 12.5 Å². The van der Waals surface area contributed by atoms with Crippen molar-refractivity contribution in [2.24, 2.45) is 0 Å². The number of benzene rings is 1. The van der Waals surface area contributed by atoms with Crippen LogP contribution in [0.3, 0.4) is 0 Å². The number of hydrogen-bond acceptors (Lipinski definition) is 3. The van der Waals surface area contributed by atoms with Crippen LogP contribution in [0.15, 0.2) is 30.3 Å². The van der Waals surface area contributed by atoms with Gasteiger partial charge in [-0.05, 0) is 33.3 Å². The molecule has 20 heavy (non-hydrogen) atoms. The minimum absolute atomic E-state index is 0.187. The Morgan fingerprint density at radius 3 is 2.15 bits per heavy atom. The lowest BCUT2D eigenvalue weighted by Gasteiger charge is -2.32. The van der Waals surface area contributed by atoms with Gasteiger partial charge in [0.15, 0.2) is 0 Å². The van der Waals surface area contributed by atoms with Gasteiger partial charge in [0.25, 0.3) is 0 Å². The summed E-state index contributed by atoms with van der Waals surface area (Å²) in [5.74, 6) is 0.615. The summed E-state index contributed by atoms with van der Waals surface area (Å²) < 4.78 is 18.1. The molecule has 3 rings (SSSR count). The molecule has 0 bridgehead atoms. The summed E-state index contributed by atoms with van der Waals surface area (Å²) in [4.78, 5) is 0. The Labute approximate surface area is 121 Å². The van der Waals surface area contributed by atoms with E-state index in [0.717, 1.165) is 6.61 Å². The molecule has 2 aliphatic rings. The fourth-order valence-electron chi connectivity index (χ4n) is 2.95. The van der Waals surface area contributed by atoms with E-state index in [-0.39, 0.29) is 24.1 Å². The van der Waals surface area contributed by atoms with Gasteiger partial charge in [0.2, 0.25) is 0 Å². The Bertz CT molecular complexity index is 456. The van der Waals surface area contributed by atoms with Crippen LogP contribution in [0, 0.1) is 0 Å². The van der Waals surface area contributed by atoms with Gasteiger partial charge in [-0.25, -0.2) is 0 Å². The van der Waals surface area contributed by atoms with E-state index in [9.17, 15) is 0 Å². The maximum absolute atomic E-state index is 6.20. The molecule has 1 aromatic carbocycles. The zero-order valence-electron chi connectivity index (χ0n) is 12.8. The van der Waals surface area contributed by atoms with Gasteiger partial charge in [-0.3, -0.25) is 0 Å². The van der Waals surface area contributed by atoms with E-state index >= 15 is 0 Å². The van der Waals surface area contributed by atoms with Crippen molar-refractivity contribution in [1.29, 1.82) is 0 Å². The molecule has 2 unspecified atom stereocenters. The lowest BCUT2D eigenvalue weighted by atomic mass is 9.65. The Morgan fingerprint density at radius 1 is 0.950 bits per heavy atom. The summed E-state index contributed by atoms with van der Waals surface area (Å²) >= 11 is 0. The van der Waals surface area contributed by atoms with Crippen LogP contribution in [0.5, 0.6) is 0 Å². The highest BCUT2D eigenvalue weighted by Gasteiger charge is 2.56. The van der Waals surface area contributed by atoms with Gasteiger partial charge in [0.1, 0.15) is 0 Å². The van der Waals surface area contributed by atoms with E-state index < -0.39 is 0 Å². The highest BCUT2D eigenvalue weighted by molar-refractivity contribution is 6.48. The van der Waals surface area contributed by atoms with Crippen LogP contribution in [0.2, 0.25) is 5.82 Å². The minimum atomic E-state index is -0.276. The van der Waals surface area contributed by atoms with Crippen LogP contribution in [-0.4, -0.2) is 31.5 Å². The van der Waals surface area contributed by atoms with Crippen molar-refractivity contribution in [2.45, 2.75) is 50.6 Å². The Balaban J connectivity index is 1.81. The SMILES string of the molecule is CC1(C)OB(C2COCC2c2ccccc2)OC1(C)C. The molecule has 0 N–H and O–H groups in total. The third-order valence-corrected chi connectivity index (χ3v) is 4.97. The zero-order chi connectivity index (χ0) is 14.4. The lowest BCUT2D eigenvalue weighted by molar-refractivity contribution is 0.00578. The van der Waals surface area contributed by atoms with Gasteiger partial charge in [0.05, 0.1) is 17.8 Å². The number of rotatable bonds is 2. The van der Waals surface area contributed by atoms with E-state index in [1.807, 2.05) is 6.07 Å². The molecule has 2 saturated heterocycles. The average molecular weight is 274 g/mol. The maximum Gasteiger partial charge on any atom is 0.464 e. The smallest absolute Gasteiger partial charge is 0.403 e. The molecule has 2 fully saturated rings. The van der Waals surface area contributed by atoms with Crippen LogP contribution >= 0.6 is 0 Å². The van der Waals surface area contributed by atoms with Crippen molar-refractivity contribution in [2.75, 3.05) is 13.2 Å². The van der Waals surface area contributed by atoms with E-state index in [2.05, 4.69) is 52.0 Å². The van der Waals surface area contributed by atoms with E-state index in [1.165, 1.54) is 5.56 Å². The monoisotopic (exact) mass is 274 g/mol. The second-order valence-corrected chi connectivity index (χ2v) is 6.84. The van der Waals surface area contributed by atoms with Crippen molar-refractivity contribution in [3.63, 3.8) is 0 Å². The highest BCUT2D eigenvalue weighted by atomic mass is 16.7. The standard InChI is InChI=1S/C16H23BO3/c1-15(2)16(3,4)20-17(19-15)14-11-18-10-13(14)12-8-6-5-7-9-12/h5-9,13-14H,10-11H2,1-4H3. The first kappa shape index (κ1) is 14.1. The average Bonchev–Trinajstić information content (AvgIpc) is 2.94. The third kappa shape index (κ3) is 2.30. The molecular formula is C16H23BO3. The van der Waals surface area contributed by atoms with Crippen LogP contribution in [0.1, 0.15) is 39.2 Å². The Morgan fingerprint density at radius 2 is 1.55 bits per heavy atom. The van der Waals surface area contributed by atoms with Gasteiger partial charge in [0, 0.05) is 18.3 Å². The van der Waals surface area contributed by atoms with Gasteiger partial charge >= 0.3 is 7.12 Å². The largest absolute Gasteiger partial charge is 0.464 e. The lowest BCUT2D eigenvalue weighted by Crippen LogP contribution is -2.41. The van der Waals surface area contributed by atoms with Crippen LogP contribution in [-0.2, 0) is 14.0 Å². The van der Waals surface area contributed by atoms with Crippen LogP contribution < -0.4 is 0 Å². The van der Waals surface area contributed by atoms with E-state index in [1.54, 1.807) is 0 Å². The molecule has 0 amide bonds. The third-order valence-electron chi connectivity index (χ3n) is 4.97. The fourth-order valence-corrected chi connectivity index (χ4v) is 2.95. The molecule has 4 heteroatoms. The molecular weight excluding hydrogens is 251 g/mol. The molecule has 0 aromatic heterocycles. The van der Waals surface area contributed by atoms with Crippen molar-refractivity contribution in [1.82, 2.24) is 0 Å².